The summed E-state index contributed by atoms with van der Waals surface area (Å²) in [5.41, 5.74) is 13.6. The molecule has 0 amide bonds. The van der Waals surface area contributed by atoms with Gasteiger partial charge in [0.25, 0.3) is 0 Å². The molecule has 5 aromatic heterocycles. The summed E-state index contributed by atoms with van der Waals surface area (Å²) in [5, 5.41) is 17.3. The molecule has 0 radical (unpaired) electrons. The molecule has 296 valence electrons. The van der Waals surface area contributed by atoms with Crippen LogP contribution < -0.4 is 10.6 Å². The van der Waals surface area contributed by atoms with Crippen molar-refractivity contribution in [2.75, 3.05) is 16.9 Å². The van der Waals surface area contributed by atoms with E-state index in [4.69, 9.17) is 0 Å². The van der Waals surface area contributed by atoms with E-state index in [1.807, 2.05) is 37.4 Å². The van der Waals surface area contributed by atoms with Gasteiger partial charge in [-0.15, -0.1) is 0 Å². The Hall–Kier alpha value is -7.51. The molecule has 2 N–H and O–H groups in total. The minimum atomic E-state index is -3.24. The van der Waals surface area contributed by atoms with Gasteiger partial charge < -0.3 is 19.8 Å². The van der Waals surface area contributed by atoms with Crippen LogP contribution in [0.3, 0.4) is 0 Å². The number of rotatable bonds is 9. The first-order valence-electron chi connectivity index (χ1n) is 19.3. The predicted molar refractivity (Wildman–Crippen MR) is 239 cm³/mol. The summed E-state index contributed by atoms with van der Waals surface area (Å²) in [6, 6.07) is 36.1. The zero-order valence-corrected chi connectivity index (χ0v) is 34.0. The molecule has 5 heterocycles. The lowest BCUT2D eigenvalue weighted by Crippen LogP contribution is -2.03. The van der Waals surface area contributed by atoms with Crippen LogP contribution in [0.1, 0.15) is 11.3 Å². The van der Waals surface area contributed by atoms with Gasteiger partial charge in [0, 0.05) is 104 Å². The molecular formula is C47H40N10O2S. The van der Waals surface area contributed by atoms with Crippen LogP contribution in [0, 0.1) is 0 Å². The fourth-order valence-electron chi connectivity index (χ4n) is 7.36. The largest absolute Gasteiger partial charge is 0.381 e. The summed E-state index contributed by atoms with van der Waals surface area (Å²) in [4.78, 5) is 18.5. The second kappa shape index (κ2) is 16.0. The van der Waals surface area contributed by atoms with Gasteiger partial charge in [-0.25, -0.2) is 8.42 Å². The fraction of sp³-hybridized carbons (Fsp3) is 0.106. The lowest BCUT2D eigenvalue weighted by molar-refractivity contribution is 0.601. The van der Waals surface area contributed by atoms with E-state index in [-0.39, 0.29) is 0 Å². The molecule has 0 unspecified atom stereocenters. The van der Waals surface area contributed by atoms with Gasteiger partial charge in [-0.3, -0.25) is 19.9 Å². The molecule has 0 spiro atoms. The number of sulfone groups is 1. The van der Waals surface area contributed by atoms with Crippen molar-refractivity contribution in [1.82, 2.24) is 39.3 Å². The van der Waals surface area contributed by atoms with E-state index in [1.165, 1.54) is 22.5 Å². The summed E-state index contributed by atoms with van der Waals surface area (Å²) in [5.74, 6) is 0. The van der Waals surface area contributed by atoms with Crippen molar-refractivity contribution in [2.45, 2.75) is 18.0 Å². The summed E-state index contributed by atoms with van der Waals surface area (Å²) >= 11 is 0. The molecule has 12 nitrogen and oxygen atoms in total. The number of nitrogens with one attached hydrogen (secondary N) is 2. The minimum absolute atomic E-state index is 0.317. The van der Waals surface area contributed by atoms with Crippen molar-refractivity contribution >= 4 is 65.1 Å². The number of hydrogen-bond acceptors (Lipinski definition) is 10. The summed E-state index contributed by atoms with van der Waals surface area (Å²) in [6.07, 6.45) is 13.9. The Labute approximate surface area is 346 Å². The lowest BCUT2D eigenvalue weighted by atomic mass is 10.0. The molecule has 0 saturated heterocycles. The van der Waals surface area contributed by atoms with Crippen LogP contribution in [-0.2, 0) is 37.0 Å². The van der Waals surface area contributed by atoms with Crippen molar-refractivity contribution in [3.63, 3.8) is 0 Å². The van der Waals surface area contributed by atoms with Crippen molar-refractivity contribution in [3.8, 4) is 22.3 Å². The standard InChI is InChI=1S/C25H22N4O2S.C22H18N6/c1-29-11-8-18-6-7-19(13-24(18)29)22-14-20(15-23-25(22)27-10-9-26-23)28-16-17-4-3-5-21(12-17)32(2,30)31;1-28-10-6-15-4-5-16(11-21(15)28)19-12-18(13-20-22(19)24-9-8-23-20)25-14-17-3-2-7-26-27-17/h3-15,28H,16H2,1-2H3;2-13,25H,14H2,1H3. The lowest BCUT2D eigenvalue weighted by Gasteiger charge is -2.12. The molecule has 60 heavy (non-hydrogen) atoms. The van der Waals surface area contributed by atoms with Crippen LogP contribution in [0.4, 0.5) is 11.4 Å². The molecule has 0 bridgehead atoms. The number of benzene rings is 5. The van der Waals surface area contributed by atoms with Crippen molar-refractivity contribution in [1.29, 1.82) is 0 Å². The Kier molecular flexibility index (Phi) is 10.2. The highest BCUT2D eigenvalue weighted by Crippen LogP contribution is 2.34. The molecule has 0 aliphatic carbocycles. The van der Waals surface area contributed by atoms with Gasteiger partial charge in [-0.1, -0.05) is 36.4 Å². The maximum Gasteiger partial charge on any atom is 0.175 e. The van der Waals surface area contributed by atoms with Gasteiger partial charge in [0.15, 0.2) is 9.84 Å². The van der Waals surface area contributed by atoms with Gasteiger partial charge in [0.1, 0.15) is 0 Å². The first kappa shape index (κ1) is 38.0. The van der Waals surface area contributed by atoms with E-state index >= 15 is 0 Å². The molecule has 10 aromatic rings. The molecule has 0 aliphatic heterocycles. The number of aromatic nitrogens is 8. The van der Waals surface area contributed by atoms with E-state index in [2.05, 4.69) is 130 Å². The Morgan fingerprint density at radius 3 is 1.68 bits per heavy atom. The van der Waals surface area contributed by atoms with Gasteiger partial charge in [-0.05, 0) is 100 Å². The van der Waals surface area contributed by atoms with Crippen LogP contribution in [0.15, 0.2) is 157 Å². The number of nitrogens with zero attached hydrogens (tertiary/aromatic N) is 8. The van der Waals surface area contributed by atoms with Crippen LogP contribution >= 0.6 is 0 Å². The Morgan fingerprint density at radius 2 is 1.13 bits per heavy atom. The van der Waals surface area contributed by atoms with E-state index < -0.39 is 9.84 Å². The van der Waals surface area contributed by atoms with Gasteiger partial charge >= 0.3 is 0 Å². The van der Waals surface area contributed by atoms with Crippen molar-refractivity contribution < 1.29 is 8.42 Å². The normalized spacial score (nSPS) is 11.5. The van der Waals surface area contributed by atoms with Crippen LogP contribution in [0.25, 0.3) is 66.1 Å². The van der Waals surface area contributed by atoms with Crippen LogP contribution in [0.2, 0.25) is 0 Å². The smallest absolute Gasteiger partial charge is 0.175 e. The average Bonchev–Trinajstić information content (AvgIpc) is 3.85. The van der Waals surface area contributed by atoms with E-state index in [0.717, 1.165) is 72.5 Å². The highest BCUT2D eigenvalue weighted by molar-refractivity contribution is 7.90. The van der Waals surface area contributed by atoms with Crippen LogP contribution in [0.5, 0.6) is 0 Å². The molecule has 0 aliphatic rings. The number of hydrogen-bond donors (Lipinski definition) is 2. The summed E-state index contributed by atoms with van der Waals surface area (Å²) in [6.45, 7) is 1.08. The maximum atomic E-state index is 11.9. The molecule has 0 fully saturated rings. The zero-order chi connectivity index (χ0) is 41.2. The van der Waals surface area contributed by atoms with Crippen molar-refractivity contribution in [3.05, 3.63) is 164 Å². The highest BCUT2D eigenvalue weighted by Gasteiger charge is 2.13. The van der Waals surface area contributed by atoms with E-state index in [1.54, 1.807) is 49.2 Å². The number of anilines is 2. The van der Waals surface area contributed by atoms with E-state index in [9.17, 15) is 8.42 Å². The fourth-order valence-corrected chi connectivity index (χ4v) is 8.06. The number of fused-ring (bicyclic) bond motifs is 4. The maximum absolute atomic E-state index is 11.9. The Morgan fingerprint density at radius 1 is 0.567 bits per heavy atom. The topological polar surface area (TPSA) is 145 Å². The third-order valence-electron chi connectivity index (χ3n) is 10.5. The summed E-state index contributed by atoms with van der Waals surface area (Å²) in [7, 11) is 0.848. The first-order valence-corrected chi connectivity index (χ1v) is 21.2. The molecule has 0 atom stereocenters. The van der Waals surface area contributed by atoms with E-state index in [0.29, 0.717) is 18.0 Å². The predicted octanol–water partition coefficient (Wildman–Crippen LogP) is 8.99. The molecule has 5 aromatic carbocycles. The third-order valence-corrected chi connectivity index (χ3v) is 11.6. The second-order valence-electron chi connectivity index (χ2n) is 14.6. The highest BCUT2D eigenvalue weighted by atomic mass is 32.2. The monoisotopic (exact) mass is 808 g/mol. The molecule has 0 saturated carbocycles. The van der Waals surface area contributed by atoms with Crippen molar-refractivity contribution in [2.24, 2.45) is 14.1 Å². The molecule has 13 heteroatoms. The zero-order valence-electron chi connectivity index (χ0n) is 33.2. The quantitative estimate of drug-likeness (QED) is 0.145. The molecule has 10 rings (SSSR count). The van der Waals surface area contributed by atoms with Gasteiger partial charge in [0.05, 0.1) is 39.2 Å². The first-order chi connectivity index (χ1) is 29.2. The SMILES string of the molecule is Cn1ccc2ccc(-c3cc(NCc4cccc(S(C)(=O)=O)c4)cc4nccnc34)cc21.Cn1ccc2ccc(-c3cc(NCc4cccnn4)cc4nccnc34)cc21. The third kappa shape index (κ3) is 7.98. The second-order valence-corrected chi connectivity index (χ2v) is 16.7. The summed E-state index contributed by atoms with van der Waals surface area (Å²) < 4.78 is 28.0. The Bertz CT molecular complexity index is 3290. The average molecular weight is 809 g/mol. The van der Waals surface area contributed by atoms with Crippen LogP contribution in [-0.4, -0.2) is 53.9 Å². The molecular weight excluding hydrogens is 769 g/mol. The van der Waals surface area contributed by atoms with Gasteiger partial charge in [0.2, 0.25) is 0 Å². The Balaban J connectivity index is 0.000000155. The minimum Gasteiger partial charge on any atom is -0.381 e. The number of aryl methyl sites for hydroxylation is 2. The van der Waals surface area contributed by atoms with Gasteiger partial charge in [-0.2, -0.15) is 10.2 Å².